The lowest BCUT2D eigenvalue weighted by atomic mass is 10.0. The van der Waals surface area contributed by atoms with Gasteiger partial charge in [0.05, 0.1) is 37.4 Å². The Kier molecular flexibility index (Phi) is 9.54. The molecule has 1 saturated heterocycles. The summed E-state index contributed by atoms with van der Waals surface area (Å²) in [6, 6.07) is 9.20. The predicted molar refractivity (Wildman–Crippen MR) is 144 cm³/mol. The number of aliphatic hydroxyl groups excluding tert-OH is 1. The number of benzene rings is 1. The van der Waals surface area contributed by atoms with Crippen molar-refractivity contribution >= 4 is 30.8 Å². The molecule has 16 heteroatoms. The summed E-state index contributed by atoms with van der Waals surface area (Å²) in [4.78, 5) is 25.1. The Hall–Kier alpha value is -3.64. The van der Waals surface area contributed by atoms with Crippen molar-refractivity contribution in [3.05, 3.63) is 42.4 Å². The lowest BCUT2D eigenvalue weighted by Gasteiger charge is -2.25. The second-order valence-electron chi connectivity index (χ2n) is 9.53. The summed E-state index contributed by atoms with van der Waals surface area (Å²) in [5.41, 5.74) is 6.98. The average Bonchev–Trinajstić information content (AvgIpc) is 3.47. The van der Waals surface area contributed by atoms with Crippen LogP contribution >= 0.6 is 7.75 Å². The number of fused-ring (bicyclic) bond motifs is 1. The van der Waals surface area contributed by atoms with Crippen LogP contribution in [0.3, 0.4) is 0 Å². The van der Waals surface area contributed by atoms with Crippen LogP contribution < -0.4 is 15.3 Å². The van der Waals surface area contributed by atoms with Crippen LogP contribution in [0.2, 0.25) is 0 Å². The number of nitrogen functional groups attached to an aromatic ring is 1. The van der Waals surface area contributed by atoms with Gasteiger partial charge in [-0.2, -0.15) is 15.3 Å². The second-order valence-corrected chi connectivity index (χ2v) is 11.2. The van der Waals surface area contributed by atoms with Crippen molar-refractivity contribution in [2.45, 2.75) is 58.0 Å². The van der Waals surface area contributed by atoms with Gasteiger partial charge in [0.25, 0.3) is 0 Å². The third-order valence-corrected chi connectivity index (χ3v) is 7.66. The van der Waals surface area contributed by atoms with E-state index in [9.17, 15) is 19.7 Å². The molecule has 1 aromatic carbocycles. The number of imidazole rings is 1. The lowest BCUT2D eigenvalue weighted by Crippen LogP contribution is -2.37. The van der Waals surface area contributed by atoms with Gasteiger partial charge in [0.2, 0.25) is 5.95 Å². The number of aromatic nitrogens is 4. The number of carbonyl (C=O) groups excluding carboxylic acids is 1. The molecular weight excluding hydrogens is 557 g/mol. The molecule has 41 heavy (non-hydrogen) atoms. The molecule has 6 atom stereocenters. The van der Waals surface area contributed by atoms with E-state index in [-0.39, 0.29) is 24.0 Å². The van der Waals surface area contributed by atoms with E-state index in [4.69, 9.17) is 29.0 Å². The van der Waals surface area contributed by atoms with E-state index in [1.807, 2.05) is 6.07 Å². The molecule has 0 bridgehead atoms. The van der Waals surface area contributed by atoms with Crippen molar-refractivity contribution in [3.63, 3.8) is 0 Å². The minimum atomic E-state index is -4.24. The van der Waals surface area contributed by atoms with Crippen LogP contribution in [0.1, 0.15) is 32.7 Å². The fraction of sp³-hybridized carbons (Fsp3) is 0.480. The second kappa shape index (κ2) is 12.9. The Morgan fingerprint density at radius 2 is 2.02 bits per heavy atom. The molecule has 1 fully saturated rings. The zero-order chi connectivity index (χ0) is 29.7. The van der Waals surface area contributed by atoms with Crippen LogP contribution in [0.5, 0.6) is 5.75 Å². The van der Waals surface area contributed by atoms with Gasteiger partial charge in [-0.25, -0.2) is 14.5 Å². The van der Waals surface area contributed by atoms with Gasteiger partial charge in [-0.1, -0.05) is 18.2 Å². The van der Waals surface area contributed by atoms with Gasteiger partial charge in [-0.3, -0.25) is 13.9 Å². The Labute approximate surface area is 236 Å². The molecule has 220 valence electrons. The van der Waals surface area contributed by atoms with Gasteiger partial charge < -0.3 is 29.6 Å². The number of anilines is 1. The highest BCUT2D eigenvalue weighted by Crippen LogP contribution is 2.46. The standard InChI is InChI=1S/C25H32N7O8P/c1-14(2)38-24(34)15(3)31-41(35,40-16-8-6-5-7-9-16)37-12-19-21(33)17(10-26)23(39-19)32-13-28-20-18(11-36-4)29-25(27)30-22(20)32/h5-9,13-15,17,19,21,23,33H,11-12H2,1-4H3,(H,31,35)(H2,27,29,30)/t15-,17+,19+,21-,23+,41?/m0/s1. The quantitative estimate of drug-likeness (QED) is 0.204. The van der Waals surface area contributed by atoms with Crippen LogP contribution in [0.15, 0.2) is 36.7 Å². The first-order valence-electron chi connectivity index (χ1n) is 12.7. The summed E-state index contributed by atoms with van der Waals surface area (Å²) in [6.45, 7) is 4.48. The van der Waals surface area contributed by atoms with Crippen LogP contribution in [0.4, 0.5) is 5.95 Å². The van der Waals surface area contributed by atoms with E-state index in [0.717, 1.165) is 0 Å². The first-order valence-corrected chi connectivity index (χ1v) is 14.3. The fourth-order valence-electron chi connectivity index (χ4n) is 4.18. The molecular formula is C25H32N7O8P. The van der Waals surface area contributed by atoms with Gasteiger partial charge in [0.15, 0.2) is 11.9 Å². The molecule has 3 heterocycles. The molecule has 2 aromatic heterocycles. The predicted octanol–water partition coefficient (Wildman–Crippen LogP) is 2.09. The molecule has 15 nitrogen and oxygen atoms in total. The molecule has 0 saturated carbocycles. The smallest absolute Gasteiger partial charge is 0.459 e. The van der Waals surface area contributed by atoms with E-state index in [1.54, 1.807) is 44.2 Å². The van der Waals surface area contributed by atoms with E-state index in [2.05, 4.69) is 20.0 Å². The minimum absolute atomic E-state index is 0.0339. The van der Waals surface area contributed by atoms with Crippen LogP contribution in [0, 0.1) is 17.2 Å². The normalized spacial score (nSPS) is 22.8. The molecule has 3 aromatic rings. The number of nitrogens with one attached hydrogen (secondary N) is 1. The van der Waals surface area contributed by atoms with Gasteiger partial charge in [-0.05, 0) is 32.9 Å². The average molecular weight is 590 g/mol. The topological polar surface area (TPSA) is 206 Å². The molecule has 0 radical (unpaired) electrons. The van der Waals surface area contributed by atoms with E-state index < -0.39 is 56.8 Å². The molecule has 0 amide bonds. The minimum Gasteiger partial charge on any atom is -0.462 e. The maximum Gasteiger partial charge on any atom is 0.459 e. The summed E-state index contributed by atoms with van der Waals surface area (Å²) >= 11 is 0. The first-order chi connectivity index (χ1) is 19.5. The highest BCUT2D eigenvalue weighted by molar-refractivity contribution is 7.52. The Bertz CT molecular complexity index is 1450. The molecule has 1 unspecified atom stereocenters. The van der Waals surface area contributed by atoms with Gasteiger partial charge in [0.1, 0.15) is 35.4 Å². The van der Waals surface area contributed by atoms with Crippen LogP contribution in [-0.4, -0.2) is 68.7 Å². The maximum atomic E-state index is 13.8. The molecule has 1 aliphatic rings. The summed E-state index contributed by atoms with van der Waals surface area (Å²) in [5.74, 6) is -1.57. The SMILES string of the molecule is COCc1nc(N)nc2c1ncn2[C@@H]1O[C@H](COP(=O)(N[C@@H](C)C(=O)OC(C)C)Oc2ccccc2)[C@@H](O)[C@H]1C#N. The molecule has 1 aliphatic heterocycles. The molecule has 4 rings (SSSR count). The zero-order valence-corrected chi connectivity index (χ0v) is 23.8. The number of para-hydroxylation sites is 1. The number of methoxy groups -OCH3 is 1. The van der Waals surface area contributed by atoms with E-state index in [1.165, 1.54) is 24.9 Å². The summed E-state index contributed by atoms with van der Waals surface area (Å²) < 4.78 is 42.9. The van der Waals surface area contributed by atoms with Crippen molar-refractivity contribution in [1.82, 2.24) is 24.6 Å². The van der Waals surface area contributed by atoms with Gasteiger partial charge in [-0.15, -0.1) is 0 Å². The van der Waals surface area contributed by atoms with Crippen LogP contribution in [0.25, 0.3) is 11.2 Å². The summed E-state index contributed by atoms with van der Waals surface area (Å²) in [7, 11) is -2.74. The molecule has 0 aliphatic carbocycles. The van der Waals surface area contributed by atoms with Crippen molar-refractivity contribution in [2.75, 3.05) is 19.5 Å². The largest absolute Gasteiger partial charge is 0.462 e. The number of rotatable bonds is 12. The fourth-order valence-corrected chi connectivity index (χ4v) is 5.69. The first kappa shape index (κ1) is 30.3. The van der Waals surface area contributed by atoms with Crippen molar-refractivity contribution in [3.8, 4) is 11.8 Å². The zero-order valence-electron chi connectivity index (χ0n) is 22.9. The Balaban J connectivity index is 1.56. The highest BCUT2D eigenvalue weighted by Gasteiger charge is 2.47. The van der Waals surface area contributed by atoms with E-state index in [0.29, 0.717) is 11.2 Å². The number of nitriles is 1. The summed E-state index contributed by atoms with van der Waals surface area (Å²) in [5, 5.41) is 23.4. The molecule has 4 N–H and O–H groups in total. The van der Waals surface area contributed by atoms with Crippen molar-refractivity contribution < 1.29 is 37.7 Å². The number of hydrogen-bond donors (Lipinski definition) is 3. The third-order valence-electron chi connectivity index (χ3n) is 6.02. The number of hydrogen-bond acceptors (Lipinski definition) is 13. The van der Waals surface area contributed by atoms with Gasteiger partial charge in [0, 0.05) is 7.11 Å². The highest BCUT2D eigenvalue weighted by atomic mass is 31.2. The maximum absolute atomic E-state index is 13.8. The number of aliphatic hydroxyl groups is 1. The Morgan fingerprint density at radius 3 is 2.68 bits per heavy atom. The Morgan fingerprint density at radius 1 is 1.29 bits per heavy atom. The van der Waals surface area contributed by atoms with Gasteiger partial charge >= 0.3 is 13.7 Å². The number of nitrogens with zero attached hydrogens (tertiary/aromatic N) is 5. The van der Waals surface area contributed by atoms with E-state index >= 15 is 0 Å². The monoisotopic (exact) mass is 589 g/mol. The molecule has 0 spiro atoms. The van der Waals surface area contributed by atoms with Crippen molar-refractivity contribution in [1.29, 1.82) is 5.26 Å². The number of carbonyl (C=O) groups is 1. The number of nitrogens with two attached hydrogens (primary N) is 1. The van der Waals surface area contributed by atoms with Crippen LogP contribution in [-0.2, 0) is 34.7 Å². The number of esters is 1. The third kappa shape index (κ3) is 6.99. The number of ether oxygens (including phenoxy) is 3. The lowest BCUT2D eigenvalue weighted by molar-refractivity contribution is -0.149. The summed E-state index contributed by atoms with van der Waals surface area (Å²) in [6.07, 6.45) is -2.51. The van der Waals surface area contributed by atoms with Crippen molar-refractivity contribution in [2.24, 2.45) is 5.92 Å².